The smallest absolute Gasteiger partial charge is 0.220 e. The third kappa shape index (κ3) is 5.49. The second-order valence-electron chi connectivity index (χ2n) is 6.89. The molecule has 3 N–H and O–H groups in total. The lowest BCUT2D eigenvalue weighted by Gasteiger charge is -2.35. The van der Waals surface area contributed by atoms with Crippen LogP contribution in [0.3, 0.4) is 0 Å². The van der Waals surface area contributed by atoms with Crippen molar-refractivity contribution in [3.63, 3.8) is 0 Å². The molecule has 5 nitrogen and oxygen atoms in total. The monoisotopic (exact) mass is 347 g/mol. The Hall–Kier alpha value is -2.01. The minimum Gasteiger partial charge on any atom is -0.507 e. The van der Waals surface area contributed by atoms with Crippen molar-refractivity contribution >= 4 is 5.91 Å². The molecule has 1 amide bonds. The molecule has 2 rings (SSSR count). The first-order chi connectivity index (χ1) is 12.1. The first-order valence-corrected chi connectivity index (χ1v) is 9.14. The summed E-state index contributed by atoms with van der Waals surface area (Å²) in [4.78, 5) is 13.5. The zero-order valence-corrected chi connectivity index (χ0v) is 15.4. The van der Waals surface area contributed by atoms with Gasteiger partial charge < -0.3 is 20.1 Å². The number of methoxy groups -OCH3 is 1. The first kappa shape index (κ1) is 19.3. The predicted molar refractivity (Wildman–Crippen MR) is 98.8 cm³/mol. The van der Waals surface area contributed by atoms with E-state index in [9.17, 15) is 9.90 Å². The normalized spacial score (nSPS) is 23.0. The van der Waals surface area contributed by atoms with E-state index in [0.717, 1.165) is 38.0 Å². The molecule has 1 heterocycles. The number of quaternary nitrogens is 1. The van der Waals surface area contributed by atoms with Gasteiger partial charge >= 0.3 is 0 Å². The van der Waals surface area contributed by atoms with Crippen LogP contribution in [0.4, 0.5) is 0 Å². The fourth-order valence-corrected chi connectivity index (χ4v) is 3.76. The van der Waals surface area contributed by atoms with Crippen molar-refractivity contribution in [2.45, 2.75) is 32.7 Å². The van der Waals surface area contributed by atoms with Crippen molar-refractivity contribution in [2.24, 2.45) is 11.8 Å². The maximum absolute atomic E-state index is 12.0. The summed E-state index contributed by atoms with van der Waals surface area (Å²) in [6, 6.07) is 5.50. The van der Waals surface area contributed by atoms with Crippen LogP contribution in [0.5, 0.6) is 11.5 Å². The Morgan fingerprint density at radius 3 is 2.92 bits per heavy atom. The number of rotatable bonds is 8. The number of phenols is 1. The molecule has 0 aromatic heterocycles. The van der Waals surface area contributed by atoms with E-state index >= 15 is 0 Å². The number of carbonyl (C=O) groups excluding carboxylic acids is 1. The number of ether oxygens (including phenoxy) is 1. The van der Waals surface area contributed by atoms with Crippen molar-refractivity contribution in [2.75, 3.05) is 26.7 Å². The summed E-state index contributed by atoms with van der Waals surface area (Å²) in [6.45, 7) is 9.25. The summed E-state index contributed by atoms with van der Waals surface area (Å²) < 4.78 is 5.14. The molecule has 1 aliphatic heterocycles. The van der Waals surface area contributed by atoms with E-state index in [-0.39, 0.29) is 5.91 Å². The zero-order chi connectivity index (χ0) is 18.2. The lowest BCUT2D eigenvalue weighted by Crippen LogP contribution is -3.12. The van der Waals surface area contributed by atoms with Gasteiger partial charge in [0.1, 0.15) is 18.0 Å². The molecule has 0 radical (unpaired) electrons. The molecular weight excluding hydrogens is 316 g/mol. The Balaban J connectivity index is 1.92. The minimum absolute atomic E-state index is 0.125. The number of hydrogen-bond donors (Lipinski definition) is 3. The van der Waals surface area contributed by atoms with Crippen LogP contribution in [0, 0.1) is 11.8 Å². The molecule has 1 aliphatic rings. The summed E-state index contributed by atoms with van der Waals surface area (Å²) in [6.07, 6.45) is 4.44. The van der Waals surface area contributed by atoms with Crippen molar-refractivity contribution in [1.82, 2.24) is 5.32 Å². The van der Waals surface area contributed by atoms with Crippen LogP contribution in [0.25, 0.3) is 0 Å². The Morgan fingerprint density at radius 1 is 1.48 bits per heavy atom. The number of aromatic hydroxyl groups is 1. The third-order valence-corrected chi connectivity index (χ3v) is 5.23. The van der Waals surface area contributed by atoms with Gasteiger partial charge in [-0.25, -0.2) is 0 Å². The standard InChI is InChI=1S/C20H30N2O3/c1-4-9-21-20(24)11-16-8-10-22(13-15(16)5-2)14-17-6-7-18(25-3)12-19(17)23/h4,6-7,12,15-16,23H,1,5,8-11,13-14H2,2-3H3,(H,21,24)/p+1/t15-,16-/m0/s1. The summed E-state index contributed by atoms with van der Waals surface area (Å²) in [7, 11) is 1.60. The Bertz CT molecular complexity index is 588. The van der Waals surface area contributed by atoms with Crippen molar-refractivity contribution < 1.29 is 19.5 Å². The minimum atomic E-state index is 0.125. The quantitative estimate of drug-likeness (QED) is 0.625. The van der Waals surface area contributed by atoms with Crippen LogP contribution in [-0.4, -0.2) is 37.8 Å². The molecule has 0 spiro atoms. The fourth-order valence-electron chi connectivity index (χ4n) is 3.76. The van der Waals surface area contributed by atoms with E-state index in [2.05, 4.69) is 18.8 Å². The molecule has 1 fully saturated rings. The maximum atomic E-state index is 12.0. The average molecular weight is 347 g/mol. The molecule has 0 saturated carbocycles. The summed E-state index contributed by atoms with van der Waals surface area (Å²) in [5, 5.41) is 13.1. The van der Waals surface area contributed by atoms with Gasteiger partial charge in [-0.15, -0.1) is 6.58 Å². The van der Waals surface area contributed by atoms with Crippen LogP contribution >= 0.6 is 0 Å². The number of hydrogen-bond acceptors (Lipinski definition) is 3. The Labute approximate surface area is 150 Å². The van der Waals surface area contributed by atoms with E-state index < -0.39 is 0 Å². The molecule has 1 aromatic carbocycles. The van der Waals surface area contributed by atoms with Crippen LogP contribution in [0.2, 0.25) is 0 Å². The fraction of sp³-hybridized carbons (Fsp3) is 0.550. The van der Waals surface area contributed by atoms with Gasteiger partial charge in [-0.05, 0) is 24.5 Å². The topological polar surface area (TPSA) is 63.0 Å². The second-order valence-corrected chi connectivity index (χ2v) is 6.89. The number of amides is 1. The number of benzene rings is 1. The highest BCUT2D eigenvalue weighted by molar-refractivity contribution is 5.76. The summed E-state index contributed by atoms with van der Waals surface area (Å²) >= 11 is 0. The molecule has 5 heteroatoms. The van der Waals surface area contributed by atoms with Gasteiger partial charge in [0, 0.05) is 36.9 Å². The van der Waals surface area contributed by atoms with E-state index in [4.69, 9.17) is 4.74 Å². The lowest BCUT2D eigenvalue weighted by molar-refractivity contribution is -0.923. The molecule has 138 valence electrons. The van der Waals surface area contributed by atoms with Crippen LogP contribution < -0.4 is 15.0 Å². The van der Waals surface area contributed by atoms with E-state index in [1.807, 2.05) is 12.1 Å². The number of phenolic OH excluding ortho intramolecular Hbond substituents is 1. The molecule has 1 aromatic rings. The predicted octanol–water partition coefficient (Wildman–Crippen LogP) is 1.52. The van der Waals surface area contributed by atoms with Crippen LogP contribution in [-0.2, 0) is 11.3 Å². The van der Waals surface area contributed by atoms with Gasteiger partial charge in [-0.3, -0.25) is 4.79 Å². The molecule has 0 aliphatic carbocycles. The summed E-state index contributed by atoms with van der Waals surface area (Å²) in [5.74, 6) is 2.08. The van der Waals surface area contributed by atoms with Gasteiger partial charge in [-0.2, -0.15) is 0 Å². The molecule has 3 atom stereocenters. The molecule has 1 unspecified atom stereocenters. The van der Waals surface area contributed by atoms with Crippen molar-refractivity contribution in [1.29, 1.82) is 0 Å². The largest absolute Gasteiger partial charge is 0.507 e. The third-order valence-electron chi connectivity index (χ3n) is 5.23. The van der Waals surface area contributed by atoms with E-state index in [0.29, 0.717) is 36.3 Å². The van der Waals surface area contributed by atoms with E-state index in [1.54, 1.807) is 19.3 Å². The average Bonchev–Trinajstić information content (AvgIpc) is 2.62. The SMILES string of the molecule is C=CCNC(=O)C[C@@H]1CC[NH+](Cc2ccc(OC)cc2O)C[C@@H]1CC. The first-order valence-electron chi connectivity index (χ1n) is 9.14. The van der Waals surface area contributed by atoms with Gasteiger partial charge in [0.15, 0.2) is 0 Å². The van der Waals surface area contributed by atoms with Crippen LogP contribution in [0.15, 0.2) is 30.9 Å². The highest BCUT2D eigenvalue weighted by Gasteiger charge is 2.32. The number of carbonyl (C=O) groups is 1. The Morgan fingerprint density at radius 2 is 2.28 bits per heavy atom. The lowest BCUT2D eigenvalue weighted by atomic mass is 9.81. The highest BCUT2D eigenvalue weighted by atomic mass is 16.5. The maximum Gasteiger partial charge on any atom is 0.220 e. The molecule has 0 bridgehead atoms. The second kappa shape index (κ2) is 9.47. The summed E-state index contributed by atoms with van der Waals surface area (Å²) in [5.41, 5.74) is 0.952. The van der Waals surface area contributed by atoms with Crippen molar-refractivity contribution in [3.8, 4) is 11.5 Å². The van der Waals surface area contributed by atoms with Crippen molar-refractivity contribution in [3.05, 3.63) is 36.4 Å². The zero-order valence-electron chi connectivity index (χ0n) is 15.4. The Kier molecular flexibility index (Phi) is 7.31. The van der Waals surface area contributed by atoms with Gasteiger partial charge in [0.25, 0.3) is 0 Å². The molecule has 1 saturated heterocycles. The van der Waals surface area contributed by atoms with Gasteiger partial charge in [0.05, 0.1) is 20.2 Å². The number of piperidine rings is 1. The van der Waals surface area contributed by atoms with Gasteiger partial charge in [-0.1, -0.05) is 13.0 Å². The molecule has 25 heavy (non-hydrogen) atoms. The molecular formula is C20H31N2O3+. The van der Waals surface area contributed by atoms with Crippen LogP contribution in [0.1, 0.15) is 31.7 Å². The van der Waals surface area contributed by atoms with E-state index in [1.165, 1.54) is 4.90 Å². The number of likely N-dealkylation sites (tertiary alicyclic amines) is 1. The highest BCUT2D eigenvalue weighted by Crippen LogP contribution is 2.25. The van der Waals surface area contributed by atoms with Gasteiger partial charge in [0.2, 0.25) is 5.91 Å². The number of nitrogens with one attached hydrogen (secondary N) is 2.